The molecule has 4 unspecified atom stereocenters. The van der Waals surface area contributed by atoms with Gasteiger partial charge in [-0.25, -0.2) is 4.21 Å². The van der Waals surface area contributed by atoms with E-state index in [1.165, 1.54) is 77.0 Å². The number of para-hydroxylation sites is 2. The summed E-state index contributed by atoms with van der Waals surface area (Å²) in [5, 5.41) is 22.3. The Morgan fingerprint density at radius 1 is 0.565 bits per heavy atom. The van der Waals surface area contributed by atoms with Gasteiger partial charge in [0, 0.05) is 33.1 Å². The molecule has 2 heterocycles. The smallest absolute Gasteiger partial charge is 0.344 e. The number of hydrogen-bond acceptors (Lipinski definition) is 5. The molecule has 0 aliphatic rings. The monoisotopic (exact) mass is 686 g/mol. The maximum atomic E-state index is 14.5. The lowest BCUT2D eigenvalue weighted by Crippen LogP contribution is -2.09. The summed E-state index contributed by atoms with van der Waals surface area (Å²) in [5.41, 5.74) is 1.72. The highest BCUT2D eigenvalue weighted by Gasteiger charge is 2.38. The Balaban J connectivity index is 1.44. The quantitative estimate of drug-likeness (QED) is 0.0566. The molecule has 2 aromatic carbocycles. The van der Waals surface area contributed by atoms with Crippen LogP contribution in [-0.2, 0) is 22.3 Å². The van der Waals surface area contributed by atoms with Gasteiger partial charge in [0.25, 0.3) is 0 Å². The van der Waals surface area contributed by atoms with Crippen LogP contribution in [0.2, 0.25) is 0 Å². The lowest BCUT2D eigenvalue weighted by Gasteiger charge is -2.07. The van der Waals surface area contributed by atoms with Crippen molar-refractivity contribution in [2.45, 2.75) is 162 Å². The molecule has 8 heteroatoms. The van der Waals surface area contributed by atoms with Crippen molar-refractivity contribution in [3.63, 3.8) is 0 Å². The van der Waals surface area contributed by atoms with Crippen LogP contribution in [-0.4, -0.2) is 36.6 Å². The van der Waals surface area contributed by atoms with Crippen molar-refractivity contribution in [2.75, 3.05) is 0 Å². The predicted molar refractivity (Wildman–Crippen MR) is 200 cm³/mol. The zero-order valence-corrected chi connectivity index (χ0v) is 30.8. The van der Waals surface area contributed by atoms with Crippen molar-refractivity contribution >= 4 is 52.2 Å². The second-order valence-electron chi connectivity index (χ2n) is 12.9. The van der Waals surface area contributed by atoms with Crippen LogP contribution >= 0.6 is 20.9 Å². The highest BCUT2D eigenvalue weighted by atomic mass is 32.2. The third-order valence-electron chi connectivity index (χ3n) is 8.92. The lowest BCUT2D eigenvalue weighted by molar-refractivity contribution is 0.171. The topological polar surface area (TPSA) is 83.3 Å². The number of aliphatic hydroxyl groups excluding tert-OH is 2. The van der Waals surface area contributed by atoms with E-state index in [1.54, 1.807) is 0 Å². The molecule has 4 atom stereocenters. The second kappa shape index (κ2) is 20.6. The Kier molecular flexibility index (Phi) is 16.6. The van der Waals surface area contributed by atoms with Gasteiger partial charge < -0.3 is 10.2 Å². The van der Waals surface area contributed by atoms with Gasteiger partial charge in [-0.05, 0) is 25.0 Å². The number of benzene rings is 2. The molecule has 0 bridgehead atoms. The number of hydrogen-bond donors (Lipinski definition) is 2. The van der Waals surface area contributed by atoms with Gasteiger partial charge in [-0.3, -0.25) is 0 Å². The Morgan fingerprint density at radius 3 is 1.30 bits per heavy atom. The molecule has 2 N–H and O–H groups in total. The molecular weight excluding hydrogens is 629 g/mol. The number of nitrogens with zero attached hydrogens (tertiary/aromatic N) is 2. The van der Waals surface area contributed by atoms with E-state index in [4.69, 9.17) is 9.97 Å². The van der Waals surface area contributed by atoms with Crippen molar-refractivity contribution in [1.29, 1.82) is 0 Å². The molecule has 2 aromatic heterocycles. The highest BCUT2D eigenvalue weighted by molar-refractivity contribution is 7.91. The highest BCUT2D eigenvalue weighted by Crippen LogP contribution is 2.44. The summed E-state index contributed by atoms with van der Waals surface area (Å²) in [4.78, 5) is 9.86. The number of aromatic nitrogens is 2. The van der Waals surface area contributed by atoms with Gasteiger partial charge in [0.1, 0.15) is 23.2 Å². The Hall–Kier alpha value is -1.71. The Labute approximate surface area is 285 Å². The summed E-state index contributed by atoms with van der Waals surface area (Å²) in [6, 6.07) is 16.1. The van der Waals surface area contributed by atoms with Gasteiger partial charge in [0.15, 0.2) is 11.5 Å². The standard InChI is InChI=1S/C38H58N2O3S3/c1-3-5-7-9-11-13-15-17-23-31(41)29-44-35-27-21-19-25-33(35)39-37(44)46(43)38-40-34-26-20-22-28-36(34)45(38)30-32(42)24-18-16-14-12-10-8-6-4-2/h19-22,25-28,31-32,41-42H,3-18,23-24,29-30H2,1-2H3/q+2. The number of fused-ring (bicyclic) bond motifs is 2. The largest absolute Gasteiger partial charge is 0.388 e. The number of rotatable bonds is 24. The lowest BCUT2D eigenvalue weighted by atomic mass is 10.1. The van der Waals surface area contributed by atoms with Gasteiger partial charge >= 0.3 is 8.68 Å². The number of unbranched alkanes of at least 4 members (excludes halogenated alkanes) is 14. The summed E-state index contributed by atoms with van der Waals surface area (Å²) >= 11 is 0. The molecule has 0 fully saturated rings. The van der Waals surface area contributed by atoms with Crippen LogP contribution in [0.25, 0.3) is 20.4 Å². The van der Waals surface area contributed by atoms with Crippen molar-refractivity contribution < 1.29 is 14.4 Å². The average molecular weight is 687 g/mol. The van der Waals surface area contributed by atoms with Crippen molar-refractivity contribution in [3.8, 4) is 0 Å². The van der Waals surface area contributed by atoms with E-state index in [0.717, 1.165) is 59.0 Å². The average Bonchev–Trinajstić information content (AvgIpc) is 3.61. The first-order chi connectivity index (χ1) is 22.5. The normalized spacial score (nSPS) is 14.7. The fourth-order valence-corrected chi connectivity index (χ4v) is 13.6. The SMILES string of the molecule is CCCCCCCCCCC(O)C[s+]1c(S(=O)c2nc3ccccc3[s+]2CC(O)CCCCCCCCCC)nc2ccccc21. The van der Waals surface area contributed by atoms with E-state index in [2.05, 4.69) is 26.0 Å². The molecule has 0 spiro atoms. The summed E-state index contributed by atoms with van der Waals surface area (Å²) in [5.74, 6) is 1.10. The van der Waals surface area contributed by atoms with Gasteiger partial charge in [-0.2, -0.15) is 9.97 Å². The van der Waals surface area contributed by atoms with Crippen molar-refractivity contribution in [1.82, 2.24) is 9.97 Å². The second-order valence-corrected chi connectivity index (χ2v) is 18.6. The van der Waals surface area contributed by atoms with Gasteiger partial charge in [-0.15, -0.1) is 0 Å². The van der Waals surface area contributed by atoms with Gasteiger partial charge in [-0.1, -0.05) is 141 Å². The van der Waals surface area contributed by atoms with E-state index in [1.807, 2.05) is 36.4 Å². The molecule has 4 aromatic rings. The molecule has 46 heavy (non-hydrogen) atoms. The molecule has 4 rings (SSSR count). The Bertz CT molecular complexity index is 1360. The first kappa shape index (κ1) is 37.1. The minimum atomic E-state index is -1.54. The molecular formula is C38H58N2O3S3+2. The molecule has 0 aliphatic heterocycles. The van der Waals surface area contributed by atoms with Crippen LogP contribution in [0.15, 0.2) is 57.2 Å². The predicted octanol–water partition coefficient (Wildman–Crippen LogP) is 11.2. The zero-order chi connectivity index (χ0) is 32.6. The molecule has 0 amide bonds. The van der Waals surface area contributed by atoms with E-state index >= 15 is 0 Å². The van der Waals surface area contributed by atoms with Gasteiger partial charge in [0.05, 0.1) is 0 Å². The molecule has 254 valence electrons. The molecule has 0 saturated carbocycles. The Morgan fingerprint density at radius 2 is 0.913 bits per heavy atom. The zero-order valence-electron chi connectivity index (χ0n) is 28.3. The maximum absolute atomic E-state index is 14.5. The van der Waals surface area contributed by atoms with Crippen LogP contribution in [0.1, 0.15) is 129 Å². The van der Waals surface area contributed by atoms with E-state index < -0.39 is 43.9 Å². The summed E-state index contributed by atoms with van der Waals surface area (Å²) in [7, 11) is -2.64. The third kappa shape index (κ3) is 11.2. The number of aliphatic hydroxyl groups is 2. The summed E-state index contributed by atoms with van der Waals surface area (Å²) in [6.07, 6.45) is 20.5. The van der Waals surface area contributed by atoms with Crippen LogP contribution in [0.3, 0.4) is 0 Å². The van der Waals surface area contributed by atoms with Crippen LogP contribution in [0.5, 0.6) is 0 Å². The summed E-state index contributed by atoms with van der Waals surface area (Å²) < 4.78 is 17.9. The first-order valence-corrected chi connectivity index (χ1v) is 22.0. The molecule has 0 radical (unpaired) electrons. The molecule has 5 nitrogen and oxygen atoms in total. The van der Waals surface area contributed by atoms with Crippen LogP contribution in [0, 0.1) is 0 Å². The fraction of sp³-hybridized carbons (Fsp3) is 0.632. The van der Waals surface area contributed by atoms with Crippen LogP contribution in [0.4, 0.5) is 0 Å². The summed E-state index contributed by atoms with van der Waals surface area (Å²) in [6.45, 7) is 4.50. The first-order valence-electron chi connectivity index (χ1n) is 18.1. The molecule has 0 saturated heterocycles. The van der Waals surface area contributed by atoms with Crippen LogP contribution < -0.4 is 0 Å². The van der Waals surface area contributed by atoms with Crippen molar-refractivity contribution in [2.24, 2.45) is 0 Å². The number of thiazole rings is 2. The maximum Gasteiger partial charge on any atom is 0.344 e. The van der Waals surface area contributed by atoms with Gasteiger partial charge in [0.2, 0.25) is 20.2 Å². The van der Waals surface area contributed by atoms with E-state index in [9.17, 15) is 14.4 Å². The minimum absolute atomic E-state index is 0.453. The van der Waals surface area contributed by atoms with E-state index in [0.29, 0.717) is 20.2 Å². The minimum Gasteiger partial charge on any atom is -0.388 e. The van der Waals surface area contributed by atoms with E-state index in [-0.39, 0.29) is 0 Å². The van der Waals surface area contributed by atoms with Crippen molar-refractivity contribution in [3.05, 3.63) is 48.5 Å². The third-order valence-corrected chi connectivity index (χ3v) is 16.1. The fourth-order valence-electron chi connectivity index (χ4n) is 6.25. The molecule has 0 aliphatic carbocycles.